The topological polar surface area (TPSA) is 65.2 Å². The van der Waals surface area contributed by atoms with Gasteiger partial charge in [0.1, 0.15) is 16.5 Å². The lowest BCUT2D eigenvalue weighted by Crippen LogP contribution is -1.94. The Bertz CT molecular complexity index is 1100. The van der Waals surface area contributed by atoms with E-state index >= 15 is 0 Å². The van der Waals surface area contributed by atoms with E-state index in [1.165, 1.54) is 11.3 Å². The summed E-state index contributed by atoms with van der Waals surface area (Å²) in [5.41, 5.74) is 3.73. The van der Waals surface area contributed by atoms with E-state index < -0.39 is 0 Å². The zero-order valence-electron chi connectivity index (χ0n) is 16.3. The quantitative estimate of drug-likeness (QED) is 0.403. The number of benzene rings is 2. The van der Waals surface area contributed by atoms with Crippen LogP contribution in [-0.2, 0) is 6.42 Å². The monoisotopic (exact) mass is 403 g/mol. The van der Waals surface area contributed by atoms with Crippen LogP contribution < -0.4 is 4.74 Å². The fourth-order valence-corrected chi connectivity index (χ4v) is 3.69. The van der Waals surface area contributed by atoms with Crippen LogP contribution in [0.4, 0.5) is 5.13 Å². The number of ether oxygens (including phenoxy) is 1. The molecule has 29 heavy (non-hydrogen) atoms. The molecule has 2 heterocycles. The Morgan fingerprint density at radius 3 is 2.59 bits per heavy atom. The molecule has 0 radical (unpaired) electrons. The molecule has 0 unspecified atom stereocenters. The van der Waals surface area contributed by atoms with Crippen molar-refractivity contribution in [1.82, 2.24) is 20.0 Å². The molecule has 4 rings (SSSR count). The van der Waals surface area contributed by atoms with E-state index in [2.05, 4.69) is 22.1 Å². The van der Waals surface area contributed by atoms with Gasteiger partial charge in [-0.2, -0.15) is 5.10 Å². The summed E-state index contributed by atoms with van der Waals surface area (Å²) in [4.78, 5) is 4.55. The molecule has 0 bridgehead atoms. The van der Waals surface area contributed by atoms with Crippen molar-refractivity contribution in [3.63, 3.8) is 0 Å². The number of rotatable bonds is 7. The van der Waals surface area contributed by atoms with Crippen molar-refractivity contribution in [2.24, 2.45) is 4.99 Å². The van der Waals surface area contributed by atoms with Crippen LogP contribution in [0.25, 0.3) is 16.9 Å². The maximum Gasteiger partial charge on any atom is 0.231 e. The average molecular weight is 404 g/mol. The first-order chi connectivity index (χ1) is 14.3. The Morgan fingerprint density at radius 1 is 1.07 bits per heavy atom. The summed E-state index contributed by atoms with van der Waals surface area (Å²) in [6.07, 6.45) is 5.76. The van der Waals surface area contributed by atoms with Gasteiger partial charge in [-0.3, -0.25) is 0 Å². The Hall–Kier alpha value is -3.32. The summed E-state index contributed by atoms with van der Waals surface area (Å²) in [5, 5.41) is 14.8. The van der Waals surface area contributed by atoms with E-state index in [0.29, 0.717) is 5.13 Å². The van der Waals surface area contributed by atoms with E-state index in [0.717, 1.165) is 46.1 Å². The van der Waals surface area contributed by atoms with E-state index in [1.807, 2.05) is 71.7 Å². The molecule has 0 saturated carbocycles. The second-order valence-electron chi connectivity index (χ2n) is 6.43. The van der Waals surface area contributed by atoms with Crippen molar-refractivity contribution >= 4 is 22.7 Å². The highest BCUT2D eigenvalue weighted by molar-refractivity contribution is 7.14. The minimum atomic E-state index is 0.654. The SMILES string of the molecule is CCCc1nnc(/N=C/c2cn(-c3ccccc3)nc2-c2ccc(OC)cc2)s1. The molecule has 0 spiro atoms. The van der Waals surface area contributed by atoms with Gasteiger partial charge in [0.2, 0.25) is 5.13 Å². The van der Waals surface area contributed by atoms with Crippen molar-refractivity contribution in [1.29, 1.82) is 0 Å². The maximum absolute atomic E-state index is 5.27. The number of para-hydroxylation sites is 1. The maximum atomic E-state index is 5.27. The molecular formula is C22H21N5OS. The van der Waals surface area contributed by atoms with E-state index in [4.69, 9.17) is 9.84 Å². The van der Waals surface area contributed by atoms with Crippen molar-refractivity contribution in [3.8, 4) is 22.7 Å². The van der Waals surface area contributed by atoms with Crippen molar-refractivity contribution in [2.75, 3.05) is 7.11 Å². The molecule has 0 aliphatic heterocycles. The highest BCUT2D eigenvalue weighted by Gasteiger charge is 2.12. The molecule has 0 fully saturated rings. The highest BCUT2D eigenvalue weighted by atomic mass is 32.1. The van der Waals surface area contributed by atoms with Gasteiger partial charge >= 0.3 is 0 Å². The normalized spacial score (nSPS) is 11.2. The number of hydrogen-bond acceptors (Lipinski definition) is 6. The van der Waals surface area contributed by atoms with Gasteiger partial charge in [0.05, 0.1) is 12.8 Å². The van der Waals surface area contributed by atoms with Crippen LogP contribution in [0.1, 0.15) is 23.9 Å². The van der Waals surface area contributed by atoms with Crippen LogP contribution >= 0.6 is 11.3 Å². The fourth-order valence-electron chi connectivity index (χ4n) is 2.90. The predicted molar refractivity (Wildman–Crippen MR) is 117 cm³/mol. The number of nitrogens with zero attached hydrogens (tertiary/aromatic N) is 5. The second-order valence-corrected chi connectivity index (χ2v) is 7.47. The lowest BCUT2D eigenvalue weighted by molar-refractivity contribution is 0.415. The first kappa shape index (κ1) is 19.0. The lowest BCUT2D eigenvalue weighted by atomic mass is 10.1. The Morgan fingerprint density at radius 2 is 1.86 bits per heavy atom. The first-order valence-corrected chi connectivity index (χ1v) is 10.2. The smallest absolute Gasteiger partial charge is 0.231 e. The number of aromatic nitrogens is 4. The third kappa shape index (κ3) is 4.41. The molecule has 0 amide bonds. The second kappa shape index (κ2) is 8.79. The molecule has 0 aliphatic rings. The molecule has 0 atom stereocenters. The van der Waals surface area contributed by atoms with E-state index in [1.54, 1.807) is 7.11 Å². The first-order valence-electron chi connectivity index (χ1n) is 9.43. The molecule has 0 aliphatic carbocycles. The van der Waals surface area contributed by atoms with Crippen LogP contribution in [-0.4, -0.2) is 33.3 Å². The molecule has 2 aromatic heterocycles. The van der Waals surface area contributed by atoms with Gasteiger partial charge in [-0.25, -0.2) is 9.67 Å². The Kier molecular flexibility index (Phi) is 5.76. The van der Waals surface area contributed by atoms with Crippen LogP contribution in [0.15, 0.2) is 65.8 Å². The molecule has 7 heteroatoms. The molecule has 146 valence electrons. The van der Waals surface area contributed by atoms with Crippen LogP contribution in [0, 0.1) is 0 Å². The molecule has 0 N–H and O–H groups in total. The summed E-state index contributed by atoms with van der Waals surface area (Å²) in [5.74, 6) is 0.809. The summed E-state index contributed by atoms with van der Waals surface area (Å²) in [7, 11) is 1.66. The molecule has 4 aromatic rings. The zero-order chi connectivity index (χ0) is 20.1. The highest BCUT2D eigenvalue weighted by Crippen LogP contribution is 2.26. The van der Waals surface area contributed by atoms with Crippen molar-refractivity contribution < 1.29 is 4.74 Å². The largest absolute Gasteiger partial charge is 0.497 e. The summed E-state index contributed by atoms with van der Waals surface area (Å²) < 4.78 is 7.14. The van der Waals surface area contributed by atoms with Gasteiger partial charge in [-0.15, -0.1) is 10.2 Å². The van der Waals surface area contributed by atoms with Crippen LogP contribution in [0.3, 0.4) is 0 Å². The standard InChI is InChI=1S/C22H21N5OS/c1-3-7-20-24-25-22(29-20)23-14-17-15-27(18-8-5-4-6-9-18)26-21(17)16-10-12-19(28-2)13-11-16/h4-6,8-15H,3,7H2,1-2H3/b23-14+. The minimum absolute atomic E-state index is 0.654. The van der Waals surface area contributed by atoms with Gasteiger partial charge < -0.3 is 4.74 Å². The average Bonchev–Trinajstić information content (AvgIpc) is 3.40. The molecule has 2 aromatic carbocycles. The number of hydrogen-bond donors (Lipinski definition) is 0. The van der Waals surface area contributed by atoms with Gasteiger partial charge in [-0.05, 0) is 42.8 Å². The number of aliphatic imine (C=N–C) groups is 1. The third-order valence-corrected chi connectivity index (χ3v) is 5.25. The Balaban J connectivity index is 1.71. The predicted octanol–water partition coefficient (Wildman–Crippen LogP) is 5.10. The van der Waals surface area contributed by atoms with Gasteiger partial charge in [0, 0.05) is 30.0 Å². The van der Waals surface area contributed by atoms with Gasteiger partial charge in [0.15, 0.2) is 0 Å². The van der Waals surface area contributed by atoms with Gasteiger partial charge in [0.25, 0.3) is 0 Å². The minimum Gasteiger partial charge on any atom is -0.497 e. The third-order valence-electron chi connectivity index (χ3n) is 4.36. The molecule has 6 nitrogen and oxygen atoms in total. The van der Waals surface area contributed by atoms with Crippen molar-refractivity contribution in [3.05, 3.63) is 71.4 Å². The number of aryl methyl sites for hydroxylation is 1. The van der Waals surface area contributed by atoms with E-state index in [-0.39, 0.29) is 0 Å². The Labute approximate surface area is 173 Å². The molecular weight excluding hydrogens is 382 g/mol. The van der Waals surface area contributed by atoms with Gasteiger partial charge in [-0.1, -0.05) is 36.5 Å². The van der Waals surface area contributed by atoms with Crippen molar-refractivity contribution in [2.45, 2.75) is 19.8 Å². The summed E-state index contributed by atoms with van der Waals surface area (Å²) in [6, 6.07) is 17.9. The van der Waals surface area contributed by atoms with Crippen LogP contribution in [0.2, 0.25) is 0 Å². The zero-order valence-corrected chi connectivity index (χ0v) is 17.1. The van der Waals surface area contributed by atoms with Crippen LogP contribution in [0.5, 0.6) is 5.75 Å². The summed E-state index contributed by atoms with van der Waals surface area (Å²) in [6.45, 7) is 2.13. The lowest BCUT2D eigenvalue weighted by Gasteiger charge is -2.02. The summed E-state index contributed by atoms with van der Waals surface area (Å²) >= 11 is 1.52. The molecule has 0 saturated heterocycles. The van der Waals surface area contributed by atoms with E-state index in [9.17, 15) is 0 Å². The fraction of sp³-hybridized carbons (Fsp3) is 0.182. The number of methoxy groups -OCH3 is 1.